The van der Waals surface area contributed by atoms with E-state index < -0.39 is 4.92 Å². The maximum Gasteiger partial charge on any atom is 0.329 e. The number of nitrogens with one attached hydrogen (secondary N) is 3. The Morgan fingerprint density at radius 1 is 1.55 bits per heavy atom. The Morgan fingerprint density at radius 2 is 2.30 bits per heavy atom. The summed E-state index contributed by atoms with van der Waals surface area (Å²) in [5.41, 5.74) is -0.298. The number of aromatic nitrogens is 2. The lowest BCUT2D eigenvalue weighted by molar-refractivity contribution is -0.384. The van der Waals surface area contributed by atoms with Crippen molar-refractivity contribution in [3.8, 4) is 0 Å². The van der Waals surface area contributed by atoms with Crippen LogP contribution in [0.5, 0.6) is 0 Å². The lowest BCUT2D eigenvalue weighted by atomic mass is 10.4. The van der Waals surface area contributed by atoms with Gasteiger partial charge in [0.05, 0.1) is 18.1 Å². The minimum Gasteiger partial charge on any atom is -0.383 e. The Kier molecular flexibility index (Phi) is 6.10. The lowest BCUT2D eigenvalue weighted by Gasteiger charge is -2.08. The van der Waals surface area contributed by atoms with Crippen molar-refractivity contribution in [2.75, 3.05) is 44.5 Å². The van der Waals surface area contributed by atoms with Gasteiger partial charge in [-0.2, -0.15) is 4.98 Å². The molecule has 0 saturated heterocycles. The van der Waals surface area contributed by atoms with Crippen LogP contribution in [-0.2, 0) is 9.53 Å². The van der Waals surface area contributed by atoms with E-state index in [1.54, 1.807) is 7.05 Å². The minimum absolute atomic E-state index is 0.0174. The largest absolute Gasteiger partial charge is 0.383 e. The molecule has 10 nitrogen and oxygen atoms in total. The third kappa shape index (κ3) is 4.65. The van der Waals surface area contributed by atoms with Crippen molar-refractivity contribution in [3.05, 3.63) is 16.3 Å². The van der Waals surface area contributed by atoms with E-state index in [1.807, 2.05) is 0 Å². The highest BCUT2D eigenvalue weighted by atomic mass is 16.6. The second-order valence-corrected chi connectivity index (χ2v) is 3.63. The highest BCUT2D eigenvalue weighted by Gasteiger charge is 2.17. The maximum absolute atomic E-state index is 11.5. The van der Waals surface area contributed by atoms with Crippen molar-refractivity contribution in [1.82, 2.24) is 15.3 Å². The van der Waals surface area contributed by atoms with Crippen molar-refractivity contribution >= 4 is 23.4 Å². The Hall–Kier alpha value is -2.49. The molecule has 0 aromatic carbocycles. The fourth-order valence-corrected chi connectivity index (χ4v) is 1.28. The van der Waals surface area contributed by atoms with Crippen molar-refractivity contribution in [2.24, 2.45) is 0 Å². The monoisotopic (exact) mass is 284 g/mol. The molecule has 0 spiro atoms. The number of methoxy groups -OCH3 is 1. The van der Waals surface area contributed by atoms with E-state index in [4.69, 9.17) is 4.74 Å². The first-order valence-corrected chi connectivity index (χ1v) is 5.77. The zero-order chi connectivity index (χ0) is 15.0. The number of ether oxygens (including phenoxy) is 1. The van der Waals surface area contributed by atoms with Crippen molar-refractivity contribution in [2.45, 2.75) is 0 Å². The minimum atomic E-state index is -0.620. The highest BCUT2D eigenvalue weighted by molar-refractivity contribution is 5.81. The molecule has 0 fully saturated rings. The second-order valence-electron chi connectivity index (χ2n) is 3.63. The number of rotatable bonds is 8. The van der Waals surface area contributed by atoms with Gasteiger partial charge in [-0.05, 0) is 0 Å². The van der Waals surface area contributed by atoms with Gasteiger partial charge in [-0.15, -0.1) is 0 Å². The number of anilines is 2. The molecule has 0 bridgehead atoms. The Labute approximate surface area is 115 Å². The summed E-state index contributed by atoms with van der Waals surface area (Å²) in [6.07, 6.45) is 1.07. The highest BCUT2D eigenvalue weighted by Crippen LogP contribution is 2.21. The average Bonchev–Trinajstić information content (AvgIpc) is 2.44. The van der Waals surface area contributed by atoms with Crippen LogP contribution in [0.2, 0.25) is 0 Å². The van der Waals surface area contributed by atoms with Crippen LogP contribution in [0, 0.1) is 10.1 Å². The second kappa shape index (κ2) is 7.84. The normalized spacial score (nSPS) is 9.90. The summed E-state index contributed by atoms with van der Waals surface area (Å²) in [6, 6.07) is 0. The zero-order valence-corrected chi connectivity index (χ0v) is 11.2. The van der Waals surface area contributed by atoms with Gasteiger partial charge in [0.1, 0.15) is 6.20 Å². The van der Waals surface area contributed by atoms with E-state index in [-0.39, 0.29) is 29.9 Å². The first-order valence-electron chi connectivity index (χ1n) is 5.77. The molecule has 0 aliphatic carbocycles. The molecule has 20 heavy (non-hydrogen) atoms. The first kappa shape index (κ1) is 15.6. The topological polar surface area (TPSA) is 131 Å². The molecule has 3 N–H and O–H groups in total. The van der Waals surface area contributed by atoms with Crippen LogP contribution in [0.25, 0.3) is 0 Å². The van der Waals surface area contributed by atoms with Crippen molar-refractivity contribution in [3.63, 3.8) is 0 Å². The summed E-state index contributed by atoms with van der Waals surface area (Å²) in [4.78, 5) is 29.3. The molecule has 0 unspecified atom stereocenters. The fraction of sp³-hybridized carbons (Fsp3) is 0.500. The van der Waals surface area contributed by atoms with E-state index in [1.165, 1.54) is 7.11 Å². The van der Waals surface area contributed by atoms with Gasteiger partial charge in [-0.25, -0.2) is 4.98 Å². The number of nitro groups is 1. The smallest absolute Gasteiger partial charge is 0.329 e. The molecule has 1 heterocycles. The predicted octanol–water partition coefficient (Wildman–Crippen LogP) is -0.399. The molecule has 0 saturated carbocycles. The molecule has 1 rings (SSSR count). The lowest BCUT2D eigenvalue weighted by Crippen LogP contribution is -2.32. The van der Waals surface area contributed by atoms with Crippen LogP contribution in [-0.4, -0.2) is 54.7 Å². The van der Waals surface area contributed by atoms with Gasteiger partial charge in [0.25, 0.3) is 0 Å². The summed E-state index contributed by atoms with van der Waals surface area (Å²) in [6.45, 7) is 0.624. The number of hydrogen-bond donors (Lipinski definition) is 3. The summed E-state index contributed by atoms with van der Waals surface area (Å²) >= 11 is 0. The third-order valence-corrected chi connectivity index (χ3v) is 2.23. The molecule has 1 aromatic rings. The van der Waals surface area contributed by atoms with Crippen LogP contribution in [0.3, 0.4) is 0 Å². The maximum atomic E-state index is 11.5. The average molecular weight is 284 g/mol. The number of hydrogen-bond acceptors (Lipinski definition) is 8. The Balaban J connectivity index is 2.65. The molecule has 1 aromatic heterocycles. The van der Waals surface area contributed by atoms with E-state index in [2.05, 4.69) is 25.9 Å². The van der Waals surface area contributed by atoms with Crippen LogP contribution >= 0.6 is 0 Å². The quantitative estimate of drug-likeness (QED) is 0.334. The summed E-state index contributed by atoms with van der Waals surface area (Å²) in [7, 11) is 3.11. The van der Waals surface area contributed by atoms with Gasteiger partial charge in [0.15, 0.2) is 0 Å². The van der Waals surface area contributed by atoms with E-state index in [9.17, 15) is 14.9 Å². The summed E-state index contributed by atoms with van der Waals surface area (Å²) in [5, 5.41) is 18.7. The van der Waals surface area contributed by atoms with Gasteiger partial charge in [0.2, 0.25) is 17.7 Å². The van der Waals surface area contributed by atoms with Gasteiger partial charge < -0.3 is 20.7 Å². The van der Waals surface area contributed by atoms with Crippen LogP contribution in [0.4, 0.5) is 17.5 Å². The molecule has 1 amide bonds. The standard InChI is InChI=1S/C10H16N6O4/c1-11-10-14-5-7(16(18)19)9(15-10)13-6-8(17)12-3-4-20-2/h5H,3-4,6H2,1-2H3,(H,12,17)(H2,11,13,14,15). The van der Waals surface area contributed by atoms with E-state index in [0.717, 1.165) is 6.20 Å². The van der Waals surface area contributed by atoms with Gasteiger partial charge in [0, 0.05) is 20.7 Å². The summed E-state index contributed by atoms with van der Waals surface area (Å²) < 4.78 is 4.78. The van der Waals surface area contributed by atoms with Crippen LogP contribution in [0.15, 0.2) is 6.20 Å². The van der Waals surface area contributed by atoms with Crippen molar-refractivity contribution in [1.29, 1.82) is 0 Å². The molecule has 0 atom stereocenters. The fourth-order valence-electron chi connectivity index (χ4n) is 1.28. The summed E-state index contributed by atoms with van der Waals surface area (Å²) in [5.74, 6) is -0.116. The van der Waals surface area contributed by atoms with Crippen LogP contribution in [0.1, 0.15) is 0 Å². The SMILES string of the molecule is CNc1ncc([N+](=O)[O-])c(NCC(=O)NCCOC)n1. The number of carbonyl (C=O) groups excluding carboxylic acids is 1. The third-order valence-electron chi connectivity index (χ3n) is 2.23. The molecular formula is C10H16N6O4. The van der Waals surface area contributed by atoms with Gasteiger partial charge >= 0.3 is 5.69 Å². The number of nitrogens with zero attached hydrogens (tertiary/aromatic N) is 3. The molecule has 0 aliphatic heterocycles. The number of carbonyl (C=O) groups is 1. The van der Waals surface area contributed by atoms with Crippen LogP contribution < -0.4 is 16.0 Å². The molecular weight excluding hydrogens is 268 g/mol. The molecule has 0 aliphatic rings. The molecule has 10 heteroatoms. The molecule has 0 radical (unpaired) electrons. The van der Waals surface area contributed by atoms with E-state index >= 15 is 0 Å². The zero-order valence-electron chi connectivity index (χ0n) is 11.2. The van der Waals surface area contributed by atoms with Gasteiger partial charge in [-0.1, -0.05) is 0 Å². The molecule has 110 valence electrons. The van der Waals surface area contributed by atoms with E-state index in [0.29, 0.717) is 13.2 Å². The number of amides is 1. The Morgan fingerprint density at radius 3 is 2.90 bits per heavy atom. The van der Waals surface area contributed by atoms with Gasteiger partial charge in [-0.3, -0.25) is 14.9 Å². The first-order chi connectivity index (χ1) is 9.58. The predicted molar refractivity (Wildman–Crippen MR) is 71.6 cm³/mol. The Bertz CT molecular complexity index is 481. The van der Waals surface area contributed by atoms with Crippen molar-refractivity contribution < 1.29 is 14.5 Å².